The third-order valence-electron chi connectivity index (χ3n) is 2.29. The van der Waals surface area contributed by atoms with Gasteiger partial charge in [-0.25, -0.2) is 9.97 Å². The Kier molecular flexibility index (Phi) is 2.98. The molecule has 4 N–H and O–H groups in total. The molecule has 2 rings (SSSR count). The largest absolute Gasteiger partial charge is 0.384 e. The second-order valence-electron chi connectivity index (χ2n) is 3.60. The van der Waals surface area contributed by atoms with Crippen LogP contribution in [-0.4, -0.2) is 26.6 Å². The minimum Gasteiger partial charge on any atom is -0.384 e. The monoisotopic (exact) mass is 218 g/mol. The summed E-state index contributed by atoms with van der Waals surface area (Å²) in [6.07, 6.45) is 2.87. The highest BCUT2D eigenvalue weighted by atomic mass is 16.3. The molecule has 1 unspecified atom stereocenters. The molecule has 0 fully saturated rings. The first-order chi connectivity index (χ1) is 7.70. The number of aliphatic hydroxyl groups excluding tert-OH is 1. The second-order valence-corrected chi connectivity index (χ2v) is 3.60. The molecule has 0 spiro atoms. The van der Waals surface area contributed by atoms with Gasteiger partial charge in [-0.1, -0.05) is 0 Å². The number of H-pyrrole nitrogens is 1. The Bertz CT molecular complexity index is 467. The fourth-order valence-electron chi connectivity index (χ4n) is 1.48. The van der Waals surface area contributed by atoms with Crippen LogP contribution in [0.15, 0.2) is 24.5 Å². The van der Waals surface area contributed by atoms with Gasteiger partial charge in [0.25, 0.3) is 0 Å². The second kappa shape index (κ2) is 4.42. The molecule has 0 aliphatic carbocycles. The number of aryl methyl sites for hydroxylation is 1. The summed E-state index contributed by atoms with van der Waals surface area (Å²) in [5, 5.41) is 9.62. The summed E-state index contributed by atoms with van der Waals surface area (Å²) in [6, 6.07) is 3.79. The van der Waals surface area contributed by atoms with Crippen molar-refractivity contribution in [3.8, 4) is 11.3 Å². The molecule has 0 radical (unpaired) electrons. The maximum atomic E-state index is 9.62. The van der Waals surface area contributed by atoms with Gasteiger partial charge in [0.15, 0.2) is 5.82 Å². The number of aromatic nitrogens is 3. The van der Waals surface area contributed by atoms with Gasteiger partial charge in [0.2, 0.25) is 0 Å². The summed E-state index contributed by atoms with van der Waals surface area (Å²) >= 11 is 0. The van der Waals surface area contributed by atoms with E-state index >= 15 is 0 Å². The number of hydrogen-bond donors (Lipinski definition) is 3. The van der Waals surface area contributed by atoms with Crippen molar-refractivity contribution in [3.05, 3.63) is 36.0 Å². The Balaban J connectivity index is 2.44. The topological polar surface area (TPSA) is 87.8 Å². The lowest BCUT2D eigenvalue weighted by Gasteiger charge is -2.08. The average molecular weight is 218 g/mol. The summed E-state index contributed by atoms with van der Waals surface area (Å²) in [6.45, 7) is 1.99. The van der Waals surface area contributed by atoms with Gasteiger partial charge in [0, 0.05) is 30.2 Å². The smallest absolute Gasteiger partial charge is 0.159 e. The SMILES string of the molecule is Cc1cc(-c2cc[nH]c2)nc(C(O)CN)n1. The van der Waals surface area contributed by atoms with Crippen molar-refractivity contribution in [2.24, 2.45) is 5.73 Å². The highest BCUT2D eigenvalue weighted by molar-refractivity contribution is 5.58. The van der Waals surface area contributed by atoms with Crippen LogP contribution in [0, 0.1) is 6.92 Å². The molecule has 0 aromatic carbocycles. The number of nitrogens with one attached hydrogen (secondary N) is 1. The highest BCUT2D eigenvalue weighted by Crippen LogP contribution is 2.18. The number of aromatic amines is 1. The zero-order valence-corrected chi connectivity index (χ0v) is 9.01. The van der Waals surface area contributed by atoms with Crippen molar-refractivity contribution < 1.29 is 5.11 Å². The predicted molar refractivity (Wildman–Crippen MR) is 60.6 cm³/mol. The summed E-state index contributed by atoms with van der Waals surface area (Å²) in [7, 11) is 0. The fraction of sp³-hybridized carbons (Fsp3) is 0.273. The minimum atomic E-state index is -0.808. The number of nitrogens with zero attached hydrogens (tertiary/aromatic N) is 2. The Hall–Kier alpha value is -1.72. The van der Waals surface area contributed by atoms with E-state index in [1.54, 1.807) is 0 Å². The van der Waals surface area contributed by atoms with Gasteiger partial charge in [-0.2, -0.15) is 0 Å². The lowest BCUT2D eigenvalue weighted by atomic mass is 10.2. The molecule has 0 amide bonds. The van der Waals surface area contributed by atoms with Crippen molar-refractivity contribution in [3.63, 3.8) is 0 Å². The first-order valence-electron chi connectivity index (χ1n) is 5.07. The standard InChI is InChI=1S/C11H14N4O/c1-7-4-9(8-2-3-13-6-8)15-11(14-7)10(16)5-12/h2-4,6,10,13,16H,5,12H2,1H3. The van der Waals surface area contributed by atoms with Gasteiger partial charge in [0.1, 0.15) is 6.10 Å². The van der Waals surface area contributed by atoms with Crippen LogP contribution < -0.4 is 5.73 Å². The van der Waals surface area contributed by atoms with Crippen LogP contribution in [0.1, 0.15) is 17.6 Å². The summed E-state index contributed by atoms with van der Waals surface area (Å²) in [4.78, 5) is 11.4. The van der Waals surface area contributed by atoms with Gasteiger partial charge in [-0.05, 0) is 19.1 Å². The first-order valence-corrected chi connectivity index (χ1v) is 5.07. The minimum absolute atomic E-state index is 0.121. The van der Waals surface area contributed by atoms with Crippen molar-refractivity contribution in [2.75, 3.05) is 6.54 Å². The van der Waals surface area contributed by atoms with Crippen LogP contribution in [0.5, 0.6) is 0 Å². The Morgan fingerprint density at radius 1 is 1.50 bits per heavy atom. The highest BCUT2D eigenvalue weighted by Gasteiger charge is 2.11. The number of nitrogens with two attached hydrogens (primary N) is 1. The first kappa shape index (κ1) is 10.8. The summed E-state index contributed by atoms with van der Waals surface area (Å²) < 4.78 is 0. The van der Waals surface area contributed by atoms with Crippen molar-refractivity contribution in [1.29, 1.82) is 0 Å². The van der Waals surface area contributed by atoms with E-state index in [0.29, 0.717) is 5.82 Å². The molecular weight excluding hydrogens is 204 g/mol. The molecule has 5 heteroatoms. The van der Waals surface area contributed by atoms with E-state index in [4.69, 9.17) is 5.73 Å². The maximum absolute atomic E-state index is 9.62. The van der Waals surface area contributed by atoms with Gasteiger partial charge in [-0.3, -0.25) is 0 Å². The molecule has 5 nitrogen and oxygen atoms in total. The molecular formula is C11H14N4O. The molecule has 2 heterocycles. The lowest BCUT2D eigenvalue weighted by molar-refractivity contribution is 0.176. The molecule has 16 heavy (non-hydrogen) atoms. The molecule has 0 aliphatic rings. The number of rotatable bonds is 3. The maximum Gasteiger partial charge on any atom is 0.159 e. The van der Waals surface area contributed by atoms with Gasteiger partial charge in [-0.15, -0.1) is 0 Å². The molecule has 2 aromatic rings. The van der Waals surface area contributed by atoms with E-state index in [0.717, 1.165) is 17.0 Å². The van der Waals surface area contributed by atoms with Crippen LogP contribution in [0.4, 0.5) is 0 Å². The van der Waals surface area contributed by atoms with Gasteiger partial charge >= 0.3 is 0 Å². The Labute approximate surface area is 93.4 Å². The molecule has 0 saturated carbocycles. The normalized spacial score (nSPS) is 12.7. The summed E-state index contributed by atoms with van der Waals surface area (Å²) in [5.41, 5.74) is 7.96. The van der Waals surface area contributed by atoms with Gasteiger partial charge < -0.3 is 15.8 Å². The molecule has 84 valence electrons. The number of hydrogen-bond acceptors (Lipinski definition) is 4. The van der Waals surface area contributed by atoms with Crippen molar-refractivity contribution in [2.45, 2.75) is 13.0 Å². The number of aliphatic hydroxyl groups is 1. The van der Waals surface area contributed by atoms with Crippen LogP contribution in [0.3, 0.4) is 0 Å². The molecule has 0 aliphatic heterocycles. The van der Waals surface area contributed by atoms with Crippen molar-refractivity contribution in [1.82, 2.24) is 15.0 Å². The molecule has 2 aromatic heterocycles. The zero-order valence-electron chi connectivity index (χ0n) is 9.01. The van der Waals surface area contributed by atoms with Crippen LogP contribution in [0.2, 0.25) is 0 Å². The quantitative estimate of drug-likeness (QED) is 0.710. The molecule has 0 saturated heterocycles. The average Bonchev–Trinajstić information content (AvgIpc) is 2.80. The van der Waals surface area contributed by atoms with Crippen LogP contribution in [-0.2, 0) is 0 Å². The van der Waals surface area contributed by atoms with E-state index in [2.05, 4.69) is 15.0 Å². The van der Waals surface area contributed by atoms with Gasteiger partial charge in [0.05, 0.1) is 5.69 Å². The van der Waals surface area contributed by atoms with E-state index in [-0.39, 0.29) is 6.54 Å². The lowest BCUT2D eigenvalue weighted by Crippen LogP contribution is -2.15. The third-order valence-corrected chi connectivity index (χ3v) is 2.29. The van der Waals surface area contributed by atoms with E-state index in [9.17, 15) is 5.11 Å². The molecule has 1 atom stereocenters. The van der Waals surface area contributed by atoms with E-state index in [1.807, 2.05) is 31.5 Å². The summed E-state index contributed by atoms with van der Waals surface area (Å²) in [5.74, 6) is 0.374. The Morgan fingerprint density at radius 3 is 2.94 bits per heavy atom. The predicted octanol–water partition coefficient (Wildman–Crippen LogP) is 0.772. The Morgan fingerprint density at radius 2 is 2.31 bits per heavy atom. The molecule has 0 bridgehead atoms. The fourth-order valence-corrected chi connectivity index (χ4v) is 1.48. The van der Waals surface area contributed by atoms with E-state index < -0.39 is 6.10 Å². The van der Waals surface area contributed by atoms with Crippen LogP contribution in [0.25, 0.3) is 11.3 Å². The zero-order chi connectivity index (χ0) is 11.5. The van der Waals surface area contributed by atoms with E-state index in [1.165, 1.54) is 0 Å². The van der Waals surface area contributed by atoms with Crippen molar-refractivity contribution >= 4 is 0 Å². The third kappa shape index (κ3) is 2.10. The van der Waals surface area contributed by atoms with Crippen LogP contribution >= 0.6 is 0 Å².